The zero-order valence-corrected chi connectivity index (χ0v) is 13.8. The lowest BCUT2D eigenvalue weighted by Gasteiger charge is -2.25. The Morgan fingerprint density at radius 1 is 1.52 bits per heavy atom. The van der Waals surface area contributed by atoms with E-state index in [1.807, 2.05) is 6.92 Å². The maximum atomic E-state index is 12.4. The predicted octanol–water partition coefficient (Wildman–Crippen LogP) is 1.74. The molecule has 2 rings (SSSR count). The number of aromatic nitrogens is 2. The van der Waals surface area contributed by atoms with Gasteiger partial charge in [0.05, 0.1) is 10.7 Å². The summed E-state index contributed by atoms with van der Waals surface area (Å²) in [6.45, 7) is 3.60. The number of carbonyl (C=O) groups is 1. The van der Waals surface area contributed by atoms with E-state index in [9.17, 15) is 9.59 Å². The van der Waals surface area contributed by atoms with Gasteiger partial charge in [0.2, 0.25) is 5.91 Å². The largest absolute Gasteiger partial charge is 0.379 e. The minimum atomic E-state index is -0.132. The van der Waals surface area contributed by atoms with E-state index in [2.05, 4.69) is 31.7 Å². The third-order valence-electron chi connectivity index (χ3n) is 3.68. The molecule has 0 unspecified atom stereocenters. The molecule has 1 saturated carbocycles. The van der Waals surface area contributed by atoms with E-state index in [0.29, 0.717) is 42.1 Å². The summed E-state index contributed by atoms with van der Waals surface area (Å²) in [6.07, 6.45) is 5.56. The van der Waals surface area contributed by atoms with E-state index in [0.717, 1.165) is 0 Å². The maximum absolute atomic E-state index is 12.4. The van der Waals surface area contributed by atoms with Crippen LogP contribution in [0, 0.1) is 5.92 Å². The molecule has 21 heavy (non-hydrogen) atoms. The van der Waals surface area contributed by atoms with Crippen LogP contribution in [-0.4, -0.2) is 28.8 Å². The number of nitrogens with one attached hydrogen (secondary N) is 2. The lowest BCUT2D eigenvalue weighted by atomic mass is 9.85. The second-order valence-corrected chi connectivity index (χ2v) is 6.14. The van der Waals surface area contributed by atoms with Crippen LogP contribution >= 0.6 is 15.9 Å². The van der Waals surface area contributed by atoms with E-state index in [1.54, 1.807) is 6.20 Å². The Balaban J connectivity index is 1.98. The first-order valence-electron chi connectivity index (χ1n) is 7.38. The van der Waals surface area contributed by atoms with Crippen LogP contribution in [-0.2, 0) is 11.3 Å². The van der Waals surface area contributed by atoms with Gasteiger partial charge in [0.1, 0.15) is 5.69 Å². The van der Waals surface area contributed by atoms with E-state index >= 15 is 0 Å². The van der Waals surface area contributed by atoms with Crippen LogP contribution in [0.15, 0.2) is 15.5 Å². The summed E-state index contributed by atoms with van der Waals surface area (Å²) >= 11 is 3.34. The molecule has 0 atom stereocenters. The van der Waals surface area contributed by atoms with Crippen LogP contribution in [0.3, 0.4) is 0 Å². The molecule has 0 spiro atoms. The molecular formula is C14H21BrN4O2. The van der Waals surface area contributed by atoms with Gasteiger partial charge in [0, 0.05) is 26.1 Å². The molecule has 116 valence electrons. The monoisotopic (exact) mass is 356 g/mol. The fraction of sp³-hybridized carbons (Fsp3) is 0.643. The van der Waals surface area contributed by atoms with Crippen LogP contribution in [0.25, 0.3) is 0 Å². The molecule has 1 aromatic rings. The summed E-state index contributed by atoms with van der Waals surface area (Å²) in [6, 6.07) is 0. The minimum Gasteiger partial charge on any atom is -0.379 e. The first-order valence-corrected chi connectivity index (χ1v) is 8.17. The molecule has 1 aromatic heterocycles. The van der Waals surface area contributed by atoms with Gasteiger partial charge in [0.25, 0.3) is 5.56 Å². The van der Waals surface area contributed by atoms with Crippen molar-refractivity contribution < 1.29 is 4.79 Å². The minimum absolute atomic E-state index is 0.0232. The van der Waals surface area contributed by atoms with Gasteiger partial charge < -0.3 is 10.6 Å². The molecule has 0 aliphatic heterocycles. The molecule has 6 nitrogen and oxygen atoms in total. The zero-order chi connectivity index (χ0) is 15.2. The van der Waals surface area contributed by atoms with Crippen molar-refractivity contribution in [3.63, 3.8) is 0 Å². The molecule has 0 saturated heterocycles. The van der Waals surface area contributed by atoms with E-state index in [1.165, 1.54) is 23.9 Å². The Morgan fingerprint density at radius 3 is 2.90 bits per heavy atom. The van der Waals surface area contributed by atoms with E-state index < -0.39 is 0 Å². The van der Waals surface area contributed by atoms with Crippen LogP contribution in [0.1, 0.15) is 32.6 Å². The Kier molecular flexibility index (Phi) is 5.78. The molecule has 1 aliphatic carbocycles. The fourth-order valence-electron chi connectivity index (χ4n) is 2.27. The Morgan fingerprint density at radius 2 is 2.29 bits per heavy atom. The quantitative estimate of drug-likeness (QED) is 0.780. The number of hydrogen-bond acceptors (Lipinski definition) is 4. The average molecular weight is 357 g/mol. The molecule has 1 fully saturated rings. The first-order chi connectivity index (χ1) is 10.1. The molecule has 0 bridgehead atoms. The Labute approximate surface area is 132 Å². The standard InChI is InChI=1S/C14H21BrN4O2/c1-2-16-12(20)6-7-17-13-11(15)8-18-19(14(13)21)9-10-4-3-5-10/h8,10,17H,2-7,9H2,1H3,(H,16,20). The number of anilines is 1. The highest BCUT2D eigenvalue weighted by atomic mass is 79.9. The van der Waals surface area contributed by atoms with Gasteiger partial charge in [-0.25, -0.2) is 4.68 Å². The van der Waals surface area contributed by atoms with Crippen LogP contribution < -0.4 is 16.2 Å². The normalized spacial score (nSPS) is 14.6. The van der Waals surface area contributed by atoms with Gasteiger partial charge in [-0.2, -0.15) is 5.10 Å². The van der Waals surface area contributed by atoms with Gasteiger partial charge in [-0.05, 0) is 41.6 Å². The Bertz CT molecular complexity index is 554. The summed E-state index contributed by atoms with van der Waals surface area (Å²) < 4.78 is 2.15. The lowest BCUT2D eigenvalue weighted by Crippen LogP contribution is -2.31. The third kappa shape index (κ3) is 4.30. The number of hydrogen-bond donors (Lipinski definition) is 2. The first kappa shape index (κ1) is 16.0. The van der Waals surface area contributed by atoms with Crippen molar-refractivity contribution >= 4 is 27.5 Å². The van der Waals surface area contributed by atoms with Gasteiger partial charge in [0.15, 0.2) is 0 Å². The smallest absolute Gasteiger partial charge is 0.291 e. The van der Waals surface area contributed by atoms with Crippen molar-refractivity contribution in [2.24, 2.45) is 5.92 Å². The maximum Gasteiger partial charge on any atom is 0.291 e. The Hall–Kier alpha value is -1.37. The SMILES string of the molecule is CCNC(=O)CCNc1c(Br)cnn(CC2CCC2)c1=O. The van der Waals surface area contributed by atoms with Crippen molar-refractivity contribution in [3.05, 3.63) is 21.0 Å². The van der Waals surface area contributed by atoms with Crippen LogP contribution in [0.4, 0.5) is 5.69 Å². The topological polar surface area (TPSA) is 76.0 Å². The van der Waals surface area contributed by atoms with Crippen LogP contribution in [0.2, 0.25) is 0 Å². The lowest BCUT2D eigenvalue weighted by molar-refractivity contribution is -0.120. The summed E-state index contributed by atoms with van der Waals surface area (Å²) in [5.74, 6) is 0.546. The molecule has 1 heterocycles. The highest BCUT2D eigenvalue weighted by molar-refractivity contribution is 9.10. The highest BCUT2D eigenvalue weighted by Crippen LogP contribution is 2.27. The van der Waals surface area contributed by atoms with Gasteiger partial charge in [-0.1, -0.05) is 6.42 Å². The number of rotatable bonds is 7. The highest BCUT2D eigenvalue weighted by Gasteiger charge is 2.20. The fourth-order valence-corrected chi connectivity index (χ4v) is 2.67. The molecule has 0 aromatic carbocycles. The summed E-state index contributed by atoms with van der Waals surface area (Å²) in [7, 11) is 0. The summed E-state index contributed by atoms with van der Waals surface area (Å²) in [4.78, 5) is 23.8. The molecule has 7 heteroatoms. The van der Waals surface area contributed by atoms with Crippen molar-refractivity contribution in [1.82, 2.24) is 15.1 Å². The van der Waals surface area contributed by atoms with E-state index in [-0.39, 0.29) is 11.5 Å². The van der Waals surface area contributed by atoms with Crippen molar-refractivity contribution in [1.29, 1.82) is 0 Å². The van der Waals surface area contributed by atoms with Crippen LogP contribution in [0.5, 0.6) is 0 Å². The van der Waals surface area contributed by atoms with E-state index in [4.69, 9.17) is 0 Å². The molecule has 0 radical (unpaired) electrons. The molecular weight excluding hydrogens is 336 g/mol. The molecule has 2 N–H and O–H groups in total. The number of amides is 1. The predicted molar refractivity (Wildman–Crippen MR) is 85.3 cm³/mol. The average Bonchev–Trinajstić information content (AvgIpc) is 2.40. The number of nitrogens with zero attached hydrogens (tertiary/aromatic N) is 2. The second kappa shape index (κ2) is 7.59. The molecule has 1 amide bonds. The zero-order valence-electron chi connectivity index (χ0n) is 12.2. The van der Waals surface area contributed by atoms with Crippen molar-refractivity contribution in [2.75, 3.05) is 18.4 Å². The van der Waals surface area contributed by atoms with Gasteiger partial charge in [-0.15, -0.1) is 0 Å². The second-order valence-electron chi connectivity index (χ2n) is 5.28. The molecule has 1 aliphatic rings. The van der Waals surface area contributed by atoms with Gasteiger partial charge >= 0.3 is 0 Å². The third-order valence-corrected chi connectivity index (χ3v) is 4.28. The van der Waals surface area contributed by atoms with Crippen molar-refractivity contribution in [2.45, 2.75) is 39.2 Å². The van der Waals surface area contributed by atoms with Crippen molar-refractivity contribution in [3.8, 4) is 0 Å². The summed E-state index contributed by atoms with van der Waals surface area (Å²) in [5, 5.41) is 9.94. The number of carbonyl (C=O) groups excluding carboxylic acids is 1. The summed E-state index contributed by atoms with van der Waals surface area (Å²) in [5.41, 5.74) is 0.348. The number of halogens is 1. The van der Waals surface area contributed by atoms with Gasteiger partial charge in [-0.3, -0.25) is 9.59 Å².